The molecule has 0 spiro atoms. The van der Waals surface area contributed by atoms with Gasteiger partial charge in [0.25, 0.3) is 5.91 Å². The summed E-state index contributed by atoms with van der Waals surface area (Å²) in [6, 6.07) is 7.22. The SMILES string of the molecule is CC(=O)N=N/C(C)=C1\C(=O)ONN1c1ccc(Br)cc1. The summed E-state index contributed by atoms with van der Waals surface area (Å²) in [7, 11) is 0. The first-order chi connectivity index (χ1) is 9.49. The van der Waals surface area contributed by atoms with E-state index in [9.17, 15) is 9.59 Å². The maximum atomic E-state index is 11.7. The van der Waals surface area contributed by atoms with Crippen LogP contribution in [0.2, 0.25) is 0 Å². The van der Waals surface area contributed by atoms with Crippen molar-refractivity contribution in [2.75, 3.05) is 5.01 Å². The molecular formula is C12H11BrN4O3. The van der Waals surface area contributed by atoms with Crippen LogP contribution in [0, 0.1) is 0 Å². The number of nitrogens with zero attached hydrogens (tertiary/aromatic N) is 3. The molecule has 0 radical (unpaired) electrons. The third kappa shape index (κ3) is 3.09. The highest BCUT2D eigenvalue weighted by molar-refractivity contribution is 9.10. The number of anilines is 1. The first-order valence-electron chi connectivity index (χ1n) is 5.64. The van der Waals surface area contributed by atoms with Gasteiger partial charge in [0.15, 0.2) is 5.70 Å². The highest BCUT2D eigenvalue weighted by Crippen LogP contribution is 2.26. The molecule has 1 aromatic carbocycles. The molecule has 20 heavy (non-hydrogen) atoms. The number of halogens is 1. The number of hydrogen-bond acceptors (Lipinski definition) is 6. The van der Waals surface area contributed by atoms with Crippen LogP contribution >= 0.6 is 15.9 Å². The Morgan fingerprint density at radius 3 is 2.50 bits per heavy atom. The molecule has 0 atom stereocenters. The van der Waals surface area contributed by atoms with E-state index in [0.717, 1.165) is 4.47 Å². The average molecular weight is 339 g/mol. The lowest BCUT2D eigenvalue weighted by Gasteiger charge is -2.15. The summed E-state index contributed by atoms with van der Waals surface area (Å²) in [5, 5.41) is 8.55. The third-order valence-corrected chi connectivity index (χ3v) is 2.94. The van der Waals surface area contributed by atoms with Gasteiger partial charge in [0, 0.05) is 11.4 Å². The number of carbonyl (C=O) groups excluding carboxylic acids is 2. The first kappa shape index (κ1) is 14.4. The van der Waals surface area contributed by atoms with E-state index in [1.54, 1.807) is 19.1 Å². The van der Waals surface area contributed by atoms with Crippen molar-refractivity contribution in [3.05, 3.63) is 40.1 Å². The lowest BCUT2D eigenvalue weighted by atomic mass is 10.2. The molecule has 104 valence electrons. The summed E-state index contributed by atoms with van der Waals surface area (Å²) in [6.45, 7) is 2.85. The van der Waals surface area contributed by atoms with Crippen LogP contribution in [0.3, 0.4) is 0 Å². The second-order valence-corrected chi connectivity index (χ2v) is 4.86. The molecule has 0 aromatic heterocycles. The number of azo groups is 1. The van der Waals surface area contributed by atoms with E-state index in [1.807, 2.05) is 12.1 Å². The van der Waals surface area contributed by atoms with Gasteiger partial charge in [-0.15, -0.1) is 10.2 Å². The second kappa shape index (κ2) is 5.93. The van der Waals surface area contributed by atoms with Gasteiger partial charge in [-0.25, -0.2) is 9.80 Å². The fourth-order valence-corrected chi connectivity index (χ4v) is 1.81. The summed E-state index contributed by atoms with van der Waals surface area (Å²) in [5.41, 5.74) is 3.63. The van der Waals surface area contributed by atoms with Crippen molar-refractivity contribution in [3.8, 4) is 0 Å². The molecule has 1 saturated heterocycles. The number of hydrazine groups is 1. The van der Waals surface area contributed by atoms with Gasteiger partial charge in [-0.2, -0.15) is 0 Å². The maximum absolute atomic E-state index is 11.7. The molecule has 1 aliphatic rings. The number of carbonyl (C=O) groups is 2. The van der Waals surface area contributed by atoms with Crippen molar-refractivity contribution in [2.45, 2.75) is 13.8 Å². The lowest BCUT2D eigenvalue weighted by molar-refractivity contribution is -0.140. The number of rotatable bonds is 2. The van der Waals surface area contributed by atoms with Gasteiger partial charge in [0.05, 0.1) is 11.4 Å². The van der Waals surface area contributed by atoms with Crippen molar-refractivity contribution < 1.29 is 14.4 Å². The molecule has 7 nitrogen and oxygen atoms in total. The zero-order chi connectivity index (χ0) is 14.7. The molecule has 2 rings (SSSR count). The summed E-state index contributed by atoms with van der Waals surface area (Å²) < 4.78 is 0.909. The Morgan fingerprint density at radius 2 is 1.90 bits per heavy atom. The minimum absolute atomic E-state index is 0.178. The summed E-state index contributed by atoms with van der Waals surface area (Å²) >= 11 is 3.33. The predicted octanol–water partition coefficient (Wildman–Crippen LogP) is 2.46. The topological polar surface area (TPSA) is 83.4 Å². The fourth-order valence-electron chi connectivity index (χ4n) is 1.55. The van der Waals surface area contributed by atoms with Crippen LogP contribution in [0.5, 0.6) is 0 Å². The number of amides is 1. The normalized spacial score (nSPS) is 17.6. The second-order valence-electron chi connectivity index (χ2n) is 3.95. The Hall–Kier alpha value is -2.06. The third-order valence-electron chi connectivity index (χ3n) is 2.41. The highest BCUT2D eigenvalue weighted by atomic mass is 79.9. The van der Waals surface area contributed by atoms with Crippen molar-refractivity contribution >= 4 is 33.5 Å². The van der Waals surface area contributed by atoms with Crippen molar-refractivity contribution in [3.63, 3.8) is 0 Å². The predicted molar refractivity (Wildman–Crippen MR) is 74.1 cm³/mol. The molecule has 8 heteroatoms. The fraction of sp³-hybridized carbons (Fsp3) is 0.167. The molecule has 1 N–H and O–H groups in total. The van der Waals surface area contributed by atoms with Crippen LogP contribution in [0.1, 0.15) is 13.8 Å². The summed E-state index contributed by atoms with van der Waals surface area (Å²) in [5.74, 6) is -1.03. The largest absolute Gasteiger partial charge is 0.378 e. The number of allylic oxidation sites excluding steroid dienone is 1. The van der Waals surface area contributed by atoms with Gasteiger partial charge in [-0.05, 0) is 31.2 Å². The molecule has 0 bridgehead atoms. The van der Waals surface area contributed by atoms with Crippen LogP contribution in [0.25, 0.3) is 0 Å². The summed E-state index contributed by atoms with van der Waals surface area (Å²) in [4.78, 5) is 27.3. The van der Waals surface area contributed by atoms with E-state index in [2.05, 4.69) is 31.7 Å². The van der Waals surface area contributed by atoms with E-state index < -0.39 is 11.9 Å². The van der Waals surface area contributed by atoms with Crippen molar-refractivity contribution in [1.29, 1.82) is 0 Å². The van der Waals surface area contributed by atoms with E-state index in [1.165, 1.54) is 11.9 Å². The molecule has 1 aromatic rings. The Bertz CT molecular complexity index is 610. The van der Waals surface area contributed by atoms with Crippen LogP contribution < -0.4 is 10.6 Å². The minimum Gasteiger partial charge on any atom is -0.345 e. The van der Waals surface area contributed by atoms with Crippen LogP contribution in [-0.4, -0.2) is 11.9 Å². The van der Waals surface area contributed by atoms with Crippen LogP contribution in [0.4, 0.5) is 5.69 Å². The number of benzene rings is 1. The van der Waals surface area contributed by atoms with Gasteiger partial charge in [0.2, 0.25) is 0 Å². The van der Waals surface area contributed by atoms with Gasteiger partial charge in [-0.1, -0.05) is 21.5 Å². The Kier molecular flexibility index (Phi) is 4.26. The number of hydrogen-bond donors (Lipinski definition) is 1. The molecule has 1 fully saturated rings. The molecule has 1 heterocycles. The Balaban J connectivity index is 2.38. The maximum Gasteiger partial charge on any atom is 0.378 e. The molecule has 1 amide bonds. The lowest BCUT2D eigenvalue weighted by Crippen LogP contribution is -2.29. The summed E-state index contributed by atoms with van der Waals surface area (Å²) in [6.07, 6.45) is 0. The van der Waals surface area contributed by atoms with Crippen molar-refractivity contribution in [2.24, 2.45) is 10.2 Å². The zero-order valence-electron chi connectivity index (χ0n) is 10.8. The van der Waals surface area contributed by atoms with Gasteiger partial charge < -0.3 is 4.84 Å². The Labute approximate surface area is 123 Å². The number of nitrogens with one attached hydrogen (secondary N) is 1. The molecule has 1 aliphatic heterocycles. The van der Waals surface area contributed by atoms with E-state index in [4.69, 9.17) is 4.84 Å². The van der Waals surface area contributed by atoms with Gasteiger partial charge >= 0.3 is 5.97 Å². The smallest absolute Gasteiger partial charge is 0.345 e. The van der Waals surface area contributed by atoms with E-state index in [-0.39, 0.29) is 11.4 Å². The average Bonchev–Trinajstić information content (AvgIpc) is 2.79. The standard InChI is InChI=1S/C12H11BrN4O3/c1-7(14-15-8(2)18)11-12(19)20-16-17(11)10-5-3-9(13)4-6-10/h3-6,16H,1-2H3/b11-7+,15-14?. The van der Waals surface area contributed by atoms with Gasteiger partial charge in [-0.3, -0.25) is 4.79 Å². The zero-order valence-corrected chi connectivity index (χ0v) is 12.3. The minimum atomic E-state index is -0.590. The Morgan fingerprint density at radius 1 is 1.25 bits per heavy atom. The molecule has 0 aliphatic carbocycles. The highest BCUT2D eigenvalue weighted by Gasteiger charge is 2.31. The van der Waals surface area contributed by atoms with E-state index >= 15 is 0 Å². The van der Waals surface area contributed by atoms with Crippen LogP contribution in [-0.2, 0) is 14.4 Å². The molecule has 0 saturated carbocycles. The first-order valence-corrected chi connectivity index (χ1v) is 6.44. The van der Waals surface area contributed by atoms with Gasteiger partial charge in [0.1, 0.15) is 0 Å². The van der Waals surface area contributed by atoms with E-state index in [0.29, 0.717) is 5.69 Å². The molecule has 0 unspecified atom stereocenters. The monoisotopic (exact) mass is 338 g/mol. The van der Waals surface area contributed by atoms with Crippen LogP contribution in [0.15, 0.2) is 50.4 Å². The van der Waals surface area contributed by atoms with Crippen molar-refractivity contribution in [1.82, 2.24) is 5.59 Å². The quantitative estimate of drug-likeness (QED) is 0.661. The molecular weight excluding hydrogens is 328 g/mol.